The van der Waals surface area contributed by atoms with E-state index >= 15 is 0 Å². The summed E-state index contributed by atoms with van der Waals surface area (Å²) in [5.74, 6) is -2.41. The molecule has 0 aromatic heterocycles. The highest BCUT2D eigenvalue weighted by atomic mass is 31.2. The maximum atomic E-state index is 12.2. The third kappa shape index (κ3) is 30.8. The number of hydrogen-bond acceptors (Lipinski definition) is 8. The predicted octanol–water partition coefficient (Wildman–Crippen LogP) is 7.71. The van der Waals surface area contributed by atoms with Crippen molar-refractivity contribution < 1.29 is 47.8 Å². The average Bonchev–Trinajstić information content (AvgIpc) is 3.04. The van der Waals surface area contributed by atoms with Crippen molar-refractivity contribution >= 4 is 25.7 Å². The minimum Gasteiger partial charge on any atom is -0.480 e. The number of phosphoric acid groups is 1. The zero-order valence-electron chi connectivity index (χ0n) is 28.8. The molecule has 0 aliphatic rings. The lowest BCUT2D eigenvalue weighted by Gasteiger charge is -2.18. The molecule has 0 spiro atoms. The second-order valence-electron chi connectivity index (χ2n) is 11.7. The van der Waals surface area contributed by atoms with Gasteiger partial charge in [0.25, 0.3) is 0 Å². The van der Waals surface area contributed by atoms with Gasteiger partial charge in [0, 0.05) is 12.8 Å². The van der Waals surface area contributed by atoms with Crippen molar-refractivity contribution in [1.29, 1.82) is 0 Å². The van der Waals surface area contributed by atoms with E-state index in [1.165, 1.54) is 25.7 Å². The van der Waals surface area contributed by atoms with E-state index in [9.17, 15) is 34.1 Å². The molecule has 0 heterocycles. The van der Waals surface area contributed by atoms with Crippen molar-refractivity contribution in [2.45, 2.75) is 148 Å². The van der Waals surface area contributed by atoms with Crippen LogP contribution in [-0.2, 0) is 32.7 Å². The third-order valence-corrected chi connectivity index (χ3v) is 8.14. The molecule has 1 amide bonds. The molecule has 0 aromatic rings. The van der Waals surface area contributed by atoms with Gasteiger partial charge in [-0.05, 0) is 44.9 Å². The molecule has 0 fully saturated rings. The molecular weight excluding hydrogens is 625 g/mol. The summed E-state index contributed by atoms with van der Waals surface area (Å²) in [6.45, 7) is 2.39. The molecule has 0 saturated heterocycles. The maximum absolute atomic E-state index is 12.2. The molecular formula is C35H62NO10P. The van der Waals surface area contributed by atoms with Crippen molar-refractivity contribution in [2.75, 3.05) is 19.8 Å². The van der Waals surface area contributed by atoms with E-state index in [0.717, 1.165) is 70.6 Å². The van der Waals surface area contributed by atoms with E-state index in [2.05, 4.69) is 55.6 Å². The number of amides is 1. The van der Waals surface area contributed by atoms with Gasteiger partial charge in [0.1, 0.15) is 12.7 Å². The quantitative estimate of drug-likeness (QED) is 0.0238. The number of hydrogen-bond donors (Lipinski definition) is 4. The normalized spacial score (nSPS) is 14.5. The van der Waals surface area contributed by atoms with Crippen LogP contribution in [0.1, 0.15) is 136 Å². The molecule has 0 radical (unpaired) electrons. The summed E-state index contributed by atoms with van der Waals surface area (Å²) in [4.78, 5) is 45.5. The number of nitrogens with one attached hydrogen (secondary N) is 1. The number of carbonyl (C=O) groups excluding carboxylic acids is 2. The summed E-state index contributed by atoms with van der Waals surface area (Å²) in [5, 5.41) is 21.6. The number of ether oxygens (including phenoxy) is 1. The predicted molar refractivity (Wildman–Crippen MR) is 185 cm³/mol. The number of allylic oxidation sites excluding steroid dienone is 6. The van der Waals surface area contributed by atoms with E-state index in [0.29, 0.717) is 12.8 Å². The van der Waals surface area contributed by atoms with Gasteiger partial charge in [0.15, 0.2) is 6.04 Å². The Kier molecular flexibility index (Phi) is 29.5. The van der Waals surface area contributed by atoms with Gasteiger partial charge in [-0.15, -0.1) is 0 Å². The molecule has 0 aliphatic carbocycles. The Morgan fingerprint density at radius 2 is 1.23 bits per heavy atom. The van der Waals surface area contributed by atoms with Crippen LogP contribution in [0, 0.1) is 0 Å². The van der Waals surface area contributed by atoms with Crippen molar-refractivity contribution in [3.05, 3.63) is 36.5 Å². The molecule has 3 unspecified atom stereocenters. The summed E-state index contributed by atoms with van der Waals surface area (Å²) in [6, 6.07) is -1.55. The molecule has 4 N–H and O–H groups in total. The number of carboxylic acid groups (broad SMARTS) is 1. The van der Waals surface area contributed by atoms with E-state index in [-0.39, 0.29) is 12.8 Å². The number of aliphatic hydroxyl groups is 1. The van der Waals surface area contributed by atoms with Crippen LogP contribution in [-0.4, -0.2) is 64.9 Å². The first kappa shape index (κ1) is 44.7. The zero-order chi connectivity index (χ0) is 35.0. The molecule has 47 heavy (non-hydrogen) atoms. The fourth-order valence-electron chi connectivity index (χ4n) is 4.44. The molecule has 0 aliphatic heterocycles. The third-order valence-electron chi connectivity index (χ3n) is 7.19. The Morgan fingerprint density at radius 3 is 1.85 bits per heavy atom. The summed E-state index contributed by atoms with van der Waals surface area (Å²) < 4.78 is 26.6. The van der Waals surface area contributed by atoms with E-state index in [1.807, 2.05) is 0 Å². The zero-order valence-corrected chi connectivity index (χ0v) is 29.7. The molecule has 0 rings (SSSR count). The Bertz CT molecular complexity index is 953. The topological polar surface area (TPSA) is 169 Å². The fraction of sp³-hybridized carbons (Fsp3) is 0.743. The van der Waals surface area contributed by atoms with Crippen molar-refractivity contribution in [3.63, 3.8) is 0 Å². The van der Waals surface area contributed by atoms with Crippen LogP contribution in [0.3, 0.4) is 0 Å². The minimum atomic E-state index is -4.75. The van der Waals surface area contributed by atoms with Gasteiger partial charge in [-0.1, -0.05) is 115 Å². The number of phosphoric ester groups is 1. The van der Waals surface area contributed by atoms with Crippen LogP contribution in [0.25, 0.3) is 0 Å². The lowest BCUT2D eigenvalue weighted by atomic mass is 10.1. The molecule has 0 aromatic carbocycles. The molecule has 11 nitrogen and oxygen atoms in total. The van der Waals surface area contributed by atoms with E-state index in [1.54, 1.807) is 0 Å². The highest BCUT2D eigenvalue weighted by molar-refractivity contribution is 7.47. The van der Waals surface area contributed by atoms with Gasteiger partial charge in [-0.2, -0.15) is 0 Å². The smallest absolute Gasteiger partial charge is 0.472 e. The van der Waals surface area contributed by atoms with Crippen molar-refractivity contribution in [3.8, 4) is 0 Å². The Labute approximate surface area is 282 Å². The molecule has 0 bridgehead atoms. The maximum Gasteiger partial charge on any atom is 0.472 e. The number of rotatable bonds is 32. The Morgan fingerprint density at radius 1 is 0.702 bits per heavy atom. The standard InChI is InChI=1S/C35H62NO10P/c1-3-5-7-9-11-13-14-15-16-17-18-19-20-22-24-26-33(38)36-32(35(40)41)30-46-47(42,43)45-29-31(37)28-44-34(39)27-25-23-21-12-10-8-6-4-2/h5,7,11,13,15-16,31-32,37H,3-4,6,8-10,12,14,17-30H2,1-2H3,(H,36,38)(H,40,41)(H,42,43)/b7-5-,13-11-,16-15-. The van der Waals surface area contributed by atoms with E-state index in [4.69, 9.17) is 13.8 Å². The molecule has 0 saturated carbocycles. The summed E-state index contributed by atoms with van der Waals surface area (Å²) in [7, 11) is -4.75. The highest BCUT2D eigenvalue weighted by Crippen LogP contribution is 2.43. The van der Waals surface area contributed by atoms with Crippen LogP contribution in [0.5, 0.6) is 0 Å². The number of carbonyl (C=O) groups is 3. The first-order valence-electron chi connectivity index (χ1n) is 17.5. The first-order chi connectivity index (χ1) is 22.6. The van der Waals surface area contributed by atoms with E-state index < -0.39 is 57.6 Å². The minimum absolute atomic E-state index is 0.126. The van der Waals surface area contributed by atoms with Gasteiger partial charge in [0.05, 0.1) is 13.2 Å². The lowest BCUT2D eigenvalue weighted by Crippen LogP contribution is -2.43. The highest BCUT2D eigenvalue weighted by Gasteiger charge is 2.28. The number of aliphatic hydroxyl groups excluding tert-OH is 1. The van der Waals surface area contributed by atoms with Crippen molar-refractivity contribution in [2.24, 2.45) is 0 Å². The largest absolute Gasteiger partial charge is 0.480 e. The van der Waals surface area contributed by atoms with Crippen LogP contribution in [0.15, 0.2) is 36.5 Å². The van der Waals surface area contributed by atoms with Crippen LogP contribution >= 0.6 is 7.82 Å². The average molecular weight is 688 g/mol. The summed E-state index contributed by atoms with van der Waals surface area (Å²) in [6.07, 6.45) is 29.1. The fourth-order valence-corrected chi connectivity index (χ4v) is 5.22. The Balaban J connectivity index is 4.05. The van der Waals surface area contributed by atoms with Crippen LogP contribution in [0.2, 0.25) is 0 Å². The number of carboxylic acids is 1. The summed E-state index contributed by atoms with van der Waals surface area (Å²) >= 11 is 0. The van der Waals surface area contributed by atoms with Crippen LogP contribution in [0.4, 0.5) is 0 Å². The second-order valence-corrected chi connectivity index (χ2v) is 13.1. The first-order valence-corrected chi connectivity index (χ1v) is 19.0. The number of aliphatic carboxylic acids is 1. The second kappa shape index (κ2) is 31.0. The molecule has 3 atom stereocenters. The van der Waals surface area contributed by atoms with Gasteiger partial charge >= 0.3 is 19.8 Å². The van der Waals surface area contributed by atoms with Gasteiger partial charge in [-0.25, -0.2) is 9.36 Å². The number of esters is 1. The Hall–Kier alpha value is -2.30. The van der Waals surface area contributed by atoms with Gasteiger partial charge in [0.2, 0.25) is 5.91 Å². The van der Waals surface area contributed by atoms with Crippen LogP contribution < -0.4 is 5.32 Å². The monoisotopic (exact) mass is 687 g/mol. The van der Waals surface area contributed by atoms with Gasteiger partial charge in [-0.3, -0.25) is 18.6 Å². The SMILES string of the molecule is CC/C=C\C/C=C\C/C=C\CCCCCCCC(=O)NC(COP(=O)(O)OCC(O)COC(=O)CCCCCCCCCC)C(=O)O. The number of unbranched alkanes of at least 4 members (excludes halogenated alkanes) is 12. The summed E-state index contributed by atoms with van der Waals surface area (Å²) in [5.41, 5.74) is 0. The lowest BCUT2D eigenvalue weighted by molar-refractivity contribution is -0.147. The van der Waals surface area contributed by atoms with Crippen molar-refractivity contribution in [1.82, 2.24) is 5.32 Å². The molecule has 272 valence electrons. The van der Waals surface area contributed by atoms with Gasteiger partial charge < -0.3 is 25.2 Å². The molecule has 12 heteroatoms.